The van der Waals surface area contributed by atoms with Crippen molar-refractivity contribution in [2.24, 2.45) is 0 Å². The number of carbonyl (C=O) groups is 1. The topological polar surface area (TPSA) is 54.9 Å². The smallest absolute Gasteiger partial charge is 0.248 e. The van der Waals surface area contributed by atoms with Crippen LogP contribution in [-0.4, -0.2) is 15.9 Å². The van der Waals surface area contributed by atoms with Gasteiger partial charge >= 0.3 is 0 Å². The highest BCUT2D eigenvalue weighted by Crippen LogP contribution is 2.15. The van der Waals surface area contributed by atoms with E-state index < -0.39 is 11.7 Å². The number of fused-ring (bicyclic) bond motifs is 1. The molecule has 0 atom stereocenters. The summed E-state index contributed by atoms with van der Waals surface area (Å²) in [6, 6.07) is 12.0. The van der Waals surface area contributed by atoms with Crippen LogP contribution < -0.4 is 5.32 Å². The van der Waals surface area contributed by atoms with Crippen LogP contribution in [0.1, 0.15) is 11.3 Å². The van der Waals surface area contributed by atoms with Gasteiger partial charge in [0.15, 0.2) is 0 Å². The number of anilines is 1. The van der Waals surface area contributed by atoms with Crippen molar-refractivity contribution in [3.05, 3.63) is 71.8 Å². The number of nitrogens with zero attached hydrogens (tertiary/aromatic N) is 2. The second kappa shape index (κ2) is 6.36. The molecule has 0 aliphatic heterocycles. The van der Waals surface area contributed by atoms with Gasteiger partial charge in [0.05, 0.1) is 28.6 Å². The molecule has 1 heterocycles. The SMILES string of the molecule is Cc1ccc(F)c(NC(=O)/C=C/c2cnc3ccccc3n2)c1. The Labute approximate surface area is 132 Å². The number of benzene rings is 2. The van der Waals surface area contributed by atoms with Gasteiger partial charge in [-0.15, -0.1) is 0 Å². The number of halogens is 1. The molecule has 0 aliphatic rings. The Morgan fingerprint density at radius 3 is 2.78 bits per heavy atom. The average molecular weight is 307 g/mol. The number of rotatable bonds is 3. The molecule has 3 rings (SSSR count). The van der Waals surface area contributed by atoms with Crippen molar-refractivity contribution in [3.63, 3.8) is 0 Å². The maximum Gasteiger partial charge on any atom is 0.248 e. The molecule has 0 saturated heterocycles. The van der Waals surface area contributed by atoms with Gasteiger partial charge in [-0.25, -0.2) is 9.37 Å². The van der Waals surface area contributed by atoms with Crippen LogP contribution in [0.25, 0.3) is 17.1 Å². The summed E-state index contributed by atoms with van der Waals surface area (Å²) in [6.07, 6.45) is 4.43. The molecule has 0 fully saturated rings. The predicted molar refractivity (Wildman–Crippen MR) is 88.3 cm³/mol. The third-order valence-corrected chi connectivity index (χ3v) is 3.25. The van der Waals surface area contributed by atoms with Crippen molar-refractivity contribution in [1.29, 1.82) is 0 Å². The highest BCUT2D eigenvalue weighted by atomic mass is 19.1. The molecule has 2 aromatic carbocycles. The van der Waals surface area contributed by atoms with Crippen LogP contribution in [0.3, 0.4) is 0 Å². The number of aryl methyl sites for hydroxylation is 1. The van der Waals surface area contributed by atoms with Gasteiger partial charge in [0.2, 0.25) is 5.91 Å². The normalized spacial score (nSPS) is 11.0. The summed E-state index contributed by atoms with van der Waals surface area (Å²) in [5.74, 6) is -0.896. The van der Waals surface area contributed by atoms with Crippen LogP contribution in [0.5, 0.6) is 0 Å². The van der Waals surface area contributed by atoms with Gasteiger partial charge in [-0.1, -0.05) is 18.2 Å². The third kappa shape index (κ3) is 3.58. The molecule has 0 bridgehead atoms. The summed E-state index contributed by atoms with van der Waals surface area (Å²) in [7, 11) is 0. The summed E-state index contributed by atoms with van der Waals surface area (Å²) in [5.41, 5.74) is 3.12. The maximum absolute atomic E-state index is 13.6. The Morgan fingerprint density at radius 2 is 1.96 bits per heavy atom. The minimum atomic E-state index is -0.470. The fourth-order valence-corrected chi connectivity index (χ4v) is 2.12. The van der Waals surface area contributed by atoms with E-state index in [9.17, 15) is 9.18 Å². The first-order valence-corrected chi connectivity index (χ1v) is 7.09. The zero-order valence-electron chi connectivity index (χ0n) is 12.5. The van der Waals surface area contributed by atoms with Crippen LogP contribution in [0.4, 0.5) is 10.1 Å². The minimum Gasteiger partial charge on any atom is -0.320 e. The summed E-state index contributed by atoms with van der Waals surface area (Å²) < 4.78 is 13.6. The van der Waals surface area contributed by atoms with E-state index in [2.05, 4.69) is 15.3 Å². The lowest BCUT2D eigenvalue weighted by molar-refractivity contribution is -0.111. The molecule has 0 aliphatic carbocycles. The largest absolute Gasteiger partial charge is 0.320 e. The standard InChI is InChI=1S/C18H14FN3O/c1-12-6-8-14(19)17(10-12)22-18(23)9-7-13-11-20-15-4-2-3-5-16(15)21-13/h2-11H,1H3,(H,22,23)/b9-7+. The lowest BCUT2D eigenvalue weighted by atomic mass is 10.2. The van der Waals surface area contributed by atoms with Crippen molar-refractivity contribution in [2.75, 3.05) is 5.32 Å². The summed E-state index contributed by atoms with van der Waals surface area (Å²) in [5, 5.41) is 2.51. The molecular formula is C18H14FN3O. The Morgan fingerprint density at radius 1 is 1.17 bits per heavy atom. The first-order chi connectivity index (χ1) is 11.1. The molecular weight excluding hydrogens is 293 g/mol. The predicted octanol–water partition coefficient (Wildman–Crippen LogP) is 3.73. The Hall–Kier alpha value is -3.08. The quantitative estimate of drug-likeness (QED) is 0.750. The van der Waals surface area contributed by atoms with E-state index in [1.54, 1.807) is 24.4 Å². The van der Waals surface area contributed by atoms with E-state index in [1.165, 1.54) is 12.1 Å². The number of hydrogen-bond acceptors (Lipinski definition) is 3. The second-order valence-corrected chi connectivity index (χ2v) is 5.09. The zero-order chi connectivity index (χ0) is 16.2. The van der Waals surface area contributed by atoms with Crippen molar-refractivity contribution in [2.45, 2.75) is 6.92 Å². The van der Waals surface area contributed by atoms with E-state index in [0.717, 1.165) is 16.6 Å². The molecule has 23 heavy (non-hydrogen) atoms. The molecule has 1 N–H and O–H groups in total. The van der Waals surface area contributed by atoms with Crippen molar-refractivity contribution in [1.82, 2.24) is 9.97 Å². The molecule has 4 nitrogen and oxygen atoms in total. The fourth-order valence-electron chi connectivity index (χ4n) is 2.12. The van der Waals surface area contributed by atoms with E-state index in [0.29, 0.717) is 5.69 Å². The number of amides is 1. The van der Waals surface area contributed by atoms with E-state index in [1.807, 2.05) is 31.2 Å². The van der Waals surface area contributed by atoms with Crippen molar-refractivity contribution < 1.29 is 9.18 Å². The summed E-state index contributed by atoms with van der Waals surface area (Å²) in [6.45, 7) is 1.83. The minimum absolute atomic E-state index is 0.157. The van der Waals surface area contributed by atoms with Crippen molar-refractivity contribution >= 4 is 28.7 Å². The van der Waals surface area contributed by atoms with Gasteiger partial charge in [0.1, 0.15) is 5.82 Å². The van der Waals surface area contributed by atoms with Gasteiger partial charge in [0, 0.05) is 6.08 Å². The molecule has 1 amide bonds. The number of hydrogen-bond donors (Lipinski definition) is 1. The van der Waals surface area contributed by atoms with Crippen LogP contribution in [0.15, 0.2) is 54.7 Å². The van der Waals surface area contributed by atoms with Crippen molar-refractivity contribution in [3.8, 4) is 0 Å². The zero-order valence-corrected chi connectivity index (χ0v) is 12.5. The van der Waals surface area contributed by atoms with Gasteiger partial charge in [-0.3, -0.25) is 9.78 Å². The Kier molecular flexibility index (Phi) is 4.10. The molecule has 0 unspecified atom stereocenters. The molecule has 0 radical (unpaired) electrons. The number of aromatic nitrogens is 2. The second-order valence-electron chi connectivity index (χ2n) is 5.09. The third-order valence-electron chi connectivity index (χ3n) is 3.25. The average Bonchev–Trinajstić information content (AvgIpc) is 2.56. The molecule has 0 spiro atoms. The van der Waals surface area contributed by atoms with E-state index >= 15 is 0 Å². The van der Waals surface area contributed by atoms with E-state index in [-0.39, 0.29) is 5.69 Å². The lowest BCUT2D eigenvalue weighted by Crippen LogP contribution is -2.09. The maximum atomic E-state index is 13.6. The number of para-hydroxylation sites is 2. The number of carbonyl (C=O) groups excluding carboxylic acids is 1. The summed E-state index contributed by atoms with van der Waals surface area (Å²) in [4.78, 5) is 20.5. The van der Waals surface area contributed by atoms with Crippen LogP contribution in [0, 0.1) is 12.7 Å². The molecule has 5 heteroatoms. The van der Waals surface area contributed by atoms with Gasteiger partial charge in [0.25, 0.3) is 0 Å². The van der Waals surface area contributed by atoms with Crippen LogP contribution >= 0.6 is 0 Å². The molecule has 0 saturated carbocycles. The van der Waals surface area contributed by atoms with Crippen LogP contribution in [0.2, 0.25) is 0 Å². The Bertz CT molecular complexity index is 906. The highest BCUT2D eigenvalue weighted by Gasteiger charge is 2.05. The van der Waals surface area contributed by atoms with E-state index in [4.69, 9.17) is 0 Å². The lowest BCUT2D eigenvalue weighted by Gasteiger charge is -2.04. The Balaban J connectivity index is 1.75. The first-order valence-electron chi connectivity index (χ1n) is 7.09. The number of nitrogens with one attached hydrogen (secondary N) is 1. The summed E-state index contributed by atoms with van der Waals surface area (Å²) >= 11 is 0. The molecule has 3 aromatic rings. The van der Waals surface area contributed by atoms with Crippen LogP contribution in [-0.2, 0) is 4.79 Å². The monoisotopic (exact) mass is 307 g/mol. The van der Waals surface area contributed by atoms with Gasteiger partial charge in [-0.2, -0.15) is 0 Å². The highest BCUT2D eigenvalue weighted by molar-refractivity contribution is 6.02. The molecule has 114 valence electrons. The fraction of sp³-hybridized carbons (Fsp3) is 0.0556. The molecule has 1 aromatic heterocycles. The van der Waals surface area contributed by atoms with Gasteiger partial charge < -0.3 is 5.32 Å². The first kappa shape index (κ1) is 14.8. The van der Waals surface area contributed by atoms with Gasteiger partial charge in [-0.05, 0) is 42.8 Å².